The highest BCUT2D eigenvalue weighted by atomic mass is 32.2. The summed E-state index contributed by atoms with van der Waals surface area (Å²) in [4.78, 5) is 0. The molecule has 0 atom stereocenters. The van der Waals surface area contributed by atoms with Crippen molar-refractivity contribution in [3.05, 3.63) is 30.3 Å². The lowest BCUT2D eigenvalue weighted by atomic mass is 10.3. The van der Waals surface area contributed by atoms with Gasteiger partial charge in [-0.1, -0.05) is 30.1 Å². The van der Waals surface area contributed by atoms with Crippen LogP contribution in [0.1, 0.15) is 0 Å². The quantitative estimate of drug-likeness (QED) is 0.538. The molecule has 0 spiro atoms. The molecular weight excluding hydrogens is 168 g/mol. The highest BCUT2D eigenvalue weighted by Crippen LogP contribution is 2.03. The Morgan fingerprint density at radius 2 is 1.92 bits per heavy atom. The molecule has 2 nitrogen and oxygen atoms in total. The van der Waals surface area contributed by atoms with E-state index in [4.69, 9.17) is 0 Å². The van der Waals surface area contributed by atoms with Gasteiger partial charge in [-0.2, -0.15) is 0 Å². The summed E-state index contributed by atoms with van der Waals surface area (Å²) in [6.07, 6.45) is 2.03. The predicted octanol–water partition coefficient (Wildman–Crippen LogP) is 1.97. The average molecular weight is 182 g/mol. The maximum atomic E-state index is 3.30. The molecule has 0 saturated heterocycles. The van der Waals surface area contributed by atoms with Crippen LogP contribution in [-0.2, 0) is 0 Å². The van der Waals surface area contributed by atoms with Gasteiger partial charge in [0.15, 0.2) is 0 Å². The minimum atomic E-state index is 0.963. The Morgan fingerprint density at radius 1 is 1.17 bits per heavy atom. The van der Waals surface area contributed by atoms with Crippen molar-refractivity contribution in [2.24, 2.45) is 0 Å². The molecule has 0 bridgehead atoms. The van der Waals surface area contributed by atoms with Crippen LogP contribution in [0.15, 0.2) is 30.3 Å². The third-order valence-electron chi connectivity index (χ3n) is 1.47. The second kappa shape index (κ2) is 5.91. The molecule has 0 aliphatic carbocycles. The van der Waals surface area contributed by atoms with E-state index < -0.39 is 0 Å². The Labute approximate surface area is 77.9 Å². The van der Waals surface area contributed by atoms with Gasteiger partial charge < -0.3 is 5.32 Å². The Morgan fingerprint density at radius 3 is 2.58 bits per heavy atom. The molecule has 1 rings (SSSR count). The monoisotopic (exact) mass is 182 g/mol. The number of hydrogen-bond acceptors (Lipinski definition) is 3. The van der Waals surface area contributed by atoms with Crippen molar-refractivity contribution >= 4 is 17.6 Å². The molecule has 0 amide bonds. The highest BCUT2D eigenvalue weighted by Gasteiger charge is 1.87. The topological polar surface area (TPSA) is 24.1 Å². The summed E-state index contributed by atoms with van der Waals surface area (Å²) < 4.78 is 3.17. The van der Waals surface area contributed by atoms with E-state index in [-0.39, 0.29) is 0 Å². The fourth-order valence-electron chi connectivity index (χ4n) is 0.916. The van der Waals surface area contributed by atoms with Gasteiger partial charge in [-0.25, -0.2) is 0 Å². The van der Waals surface area contributed by atoms with Crippen LogP contribution in [0.2, 0.25) is 0 Å². The summed E-state index contributed by atoms with van der Waals surface area (Å²) in [5.41, 5.74) is 1.18. The predicted molar refractivity (Wildman–Crippen MR) is 56.4 cm³/mol. The summed E-state index contributed by atoms with van der Waals surface area (Å²) in [7, 11) is 0. The lowest BCUT2D eigenvalue weighted by Crippen LogP contribution is -2.15. The Kier molecular flexibility index (Phi) is 4.64. The molecule has 0 radical (unpaired) electrons. The third-order valence-corrected chi connectivity index (χ3v) is 1.97. The molecule has 2 N–H and O–H groups in total. The first-order valence-electron chi connectivity index (χ1n) is 3.98. The number of rotatable bonds is 5. The number of para-hydroxylation sites is 1. The van der Waals surface area contributed by atoms with Gasteiger partial charge in [0, 0.05) is 18.8 Å². The summed E-state index contributed by atoms with van der Waals surface area (Å²) >= 11 is 1.65. The lowest BCUT2D eigenvalue weighted by Gasteiger charge is -2.05. The highest BCUT2D eigenvalue weighted by molar-refractivity contribution is 7.96. The first-order valence-corrected chi connectivity index (χ1v) is 5.20. The zero-order valence-corrected chi connectivity index (χ0v) is 8.03. The van der Waals surface area contributed by atoms with Crippen molar-refractivity contribution in [1.82, 2.24) is 4.72 Å². The standard InChI is InChI=1S/C9H14N2S/c1-12-11-8-7-10-9-5-3-2-4-6-9/h2-6,10-11H,7-8H2,1H3. The zero-order valence-electron chi connectivity index (χ0n) is 7.21. The molecule has 0 aromatic heterocycles. The van der Waals surface area contributed by atoms with Crippen LogP contribution in [0.3, 0.4) is 0 Å². The maximum absolute atomic E-state index is 3.30. The average Bonchev–Trinajstić information content (AvgIpc) is 2.14. The Bertz CT molecular complexity index is 201. The molecular formula is C9H14N2S. The zero-order chi connectivity index (χ0) is 8.65. The summed E-state index contributed by atoms with van der Waals surface area (Å²) in [5.74, 6) is 0. The molecule has 3 heteroatoms. The Hall–Kier alpha value is -0.670. The molecule has 0 saturated carbocycles. The lowest BCUT2D eigenvalue weighted by molar-refractivity contribution is 0.958. The van der Waals surface area contributed by atoms with E-state index in [0.29, 0.717) is 0 Å². The Balaban J connectivity index is 2.16. The second-order valence-corrected chi connectivity index (χ2v) is 3.09. The van der Waals surface area contributed by atoms with Crippen LogP contribution in [0.4, 0.5) is 5.69 Å². The van der Waals surface area contributed by atoms with Crippen molar-refractivity contribution in [2.45, 2.75) is 0 Å². The van der Waals surface area contributed by atoms with E-state index in [0.717, 1.165) is 13.1 Å². The number of nitrogens with one attached hydrogen (secondary N) is 2. The van der Waals surface area contributed by atoms with E-state index in [1.807, 2.05) is 24.5 Å². The van der Waals surface area contributed by atoms with Crippen molar-refractivity contribution in [2.75, 3.05) is 24.7 Å². The smallest absolute Gasteiger partial charge is 0.0340 e. The summed E-state index contributed by atoms with van der Waals surface area (Å²) in [6, 6.07) is 10.2. The minimum absolute atomic E-state index is 0.963. The van der Waals surface area contributed by atoms with Gasteiger partial charge in [-0.3, -0.25) is 4.72 Å². The van der Waals surface area contributed by atoms with E-state index in [1.54, 1.807) is 11.9 Å². The maximum Gasteiger partial charge on any atom is 0.0340 e. The SMILES string of the molecule is CSNCCNc1ccccc1. The molecule has 66 valence electrons. The molecule has 1 aromatic carbocycles. The van der Waals surface area contributed by atoms with E-state index in [1.165, 1.54) is 5.69 Å². The fourth-order valence-corrected chi connectivity index (χ4v) is 1.22. The molecule has 12 heavy (non-hydrogen) atoms. The van der Waals surface area contributed by atoms with E-state index >= 15 is 0 Å². The number of anilines is 1. The van der Waals surface area contributed by atoms with Crippen molar-refractivity contribution in [3.63, 3.8) is 0 Å². The van der Waals surface area contributed by atoms with E-state index in [2.05, 4.69) is 22.2 Å². The third kappa shape index (κ3) is 3.64. The van der Waals surface area contributed by atoms with Gasteiger partial charge in [0.25, 0.3) is 0 Å². The largest absolute Gasteiger partial charge is 0.384 e. The fraction of sp³-hybridized carbons (Fsp3) is 0.333. The van der Waals surface area contributed by atoms with Gasteiger partial charge in [0.2, 0.25) is 0 Å². The first kappa shape index (κ1) is 9.42. The van der Waals surface area contributed by atoms with Crippen LogP contribution in [0.25, 0.3) is 0 Å². The van der Waals surface area contributed by atoms with Crippen LogP contribution in [0, 0.1) is 0 Å². The molecule has 0 unspecified atom stereocenters. The molecule has 0 fully saturated rings. The van der Waals surface area contributed by atoms with Crippen LogP contribution < -0.4 is 10.0 Å². The van der Waals surface area contributed by atoms with E-state index in [9.17, 15) is 0 Å². The second-order valence-electron chi connectivity index (χ2n) is 2.39. The van der Waals surface area contributed by atoms with Gasteiger partial charge in [0.1, 0.15) is 0 Å². The van der Waals surface area contributed by atoms with Crippen LogP contribution in [-0.4, -0.2) is 19.3 Å². The van der Waals surface area contributed by atoms with Crippen molar-refractivity contribution in [3.8, 4) is 0 Å². The van der Waals surface area contributed by atoms with Gasteiger partial charge in [-0.15, -0.1) is 0 Å². The van der Waals surface area contributed by atoms with Crippen LogP contribution >= 0.6 is 11.9 Å². The molecule has 1 aromatic rings. The molecule has 0 heterocycles. The van der Waals surface area contributed by atoms with Crippen LogP contribution in [0.5, 0.6) is 0 Å². The number of benzene rings is 1. The van der Waals surface area contributed by atoms with Crippen molar-refractivity contribution in [1.29, 1.82) is 0 Å². The number of hydrogen-bond donors (Lipinski definition) is 2. The molecule has 0 aliphatic rings. The van der Waals surface area contributed by atoms with Gasteiger partial charge in [0.05, 0.1) is 0 Å². The summed E-state index contributed by atoms with van der Waals surface area (Å²) in [6.45, 7) is 1.95. The first-order chi connectivity index (χ1) is 5.93. The molecule has 0 aliphatic heterocycles. The normalized spacial score (nSPS) is 9.75. The summed E-state index contributed by atoms with van der Waals surface area (Å²) in [5, 5.41) is 3.30. The van der Waals surface area contributed by atoms with Gasteiger partial charge in [-0.05, 0) is 18.4 Å². The van der Waals surface area contributed by atoms with Gasteiger partial charge >= 0.3 is 0 Å². The minimum Gasteiger partial charge on any atom is -0.384 e. The van der Waals surface area contributed by atoms with Crippen molar-refractivity contribution < 1.29 is 0 Å².